The highest BCUT2D eigenvalue weighted by Gasteiger charge is 2.00. The Balaban J connectivity index is 2.33. The molecule has 0 saturated carbocycles. The van der Waals surface area contributed by atoms with Gasteiger partial charge in [-0.15, -0.1) is 0 Å². The van der Waals surface area contributed by atoms with Gasteiger partial charge in [0, 0.05) is 0 Å². The van der Waals surface area contributed by atoms with Crippen molar-refractivity contribution in [3.05, 3.63) is 35.4 Å². The second kappa shape index (κ2) is 7.45. The molecule has 0 aliphatic carbocycles. The molecule has 0 bridgehead atoms. The maximum atomic E-state index is 10.3. The Bertz CT molecular complexity index is 291. The van der Waals surface area contributed by atoms with Crippen molar-refractivity contribution in [2.45, 2.75) is 51.9 Å². The lowest BCUT2D eigenvalue weighted by molar-refractivity contribution is 0.186. The fourth-order valence-corrected chi connectivity index (χ4v) is 1.89. The summed E-state index contributed by atoms with van der Waals surface area (Å²) in [5, 5.41) is 10.3. The number of hydrogen-bond acceptors (Lipinski definition) is 0. The van der Waals surface area contributed by atoms with Crippen molar-refractivity contribution in [3.8, 4) is 0 Å². The molecule has 89 valence electrons. The molecule has 0 amide bonds. The van der Waals surface area contributed by atoms with Crippen molar-refractivity contribution in [2.24, 2.45) is 0 Å². The summed E-state index contributed by atoms with van der Waals surface area (Å²) >= 11 is 0. The maximum Gasteiger partial charge on any atom is 0.0822 e. The average molecular weight is 219 g/mol. The molecule has 16 heavy (non-hydrogen) atoms. The van der Waals surface area contributed by atoms with Crippen molar-refractivity contribution in [3.63, 3.8) is 0 Å². The molecule has 1 aromatic rings. The second-order valence-corrected chi connectivity index (χ2v) is 4.77. The number of aryl methyl sites for hydroxylation is 1. The Kier molecular flexibility index (Phi) is 6.17. The molecule has 0 unspecified atom stereocenters. The highest BCUT2D eigenvalue weighted by Crippen LogP contribution is 2.17. The molecule has 1 nitrogen and oxygen atoms in total. The first kappa shape index (κ1) is 13.2. The quantitative estimate of drug-likeness (QED) is 0.608. The zero-order chi connectivity index (χ0) is 11.8. The van der Waals surface area contributed by atoms with Crippen LogP contribution in [0.3, 0.4) is 0 Å². The molecule has 1 heteroatoms. The van der Waals surface area contributed by atoms with E-state index >= 15 is 0 Å². The zero-order valence-electron chi connectivity index (χ0n) is 10.5. The predicted octanol–water partition coefficient (Wildman–Crippen LogP) is 4.34. The van der Waals surface area contributed by atoms with Crippen LogP contribution in [0.4, 0.5) is 0 Å². The third-order valence-corrected chi connectivity index (χ3v) is 2.98. The summed E-state index contributed by atoms with van der Waals surface area (Å²) in [4.78, 5) is 0. The topological polar surface area (TPSA) is 19.9 Å². The summed E-state index contributed by atoms with van der Waals surface area (Å²) in [5.74, 6) is 0.611. The number of rotatable bonds is 7. The van der Waals surface area contributed by atoms with Crippen LogP contribution in [0.2, 0.25) is 0 Å². The van der Waals surface area contributed by atoms with Gasteiger partial charge in [0.05, 0.1) is 6.61 Å². The molecule has 0 aliphatic heterocycles. The normalized spacial score (nSPS) is 11.0. The van der Waals surface area contributed by atoms with Crippen LogP contribution in [-0.2, 0) is 11.5 Å². The molecule has 0 aromatic heterocycles. The summed E-state index contributed by atoms with van der Waals surface area (Å²) in [7, 11) is 0. The van der Waals surface area contributed by atoms with Gasteiger partial charge in [-0.1, -0.05) is 51.0 Å². The molecular weight excluding hydrogens is 196 g/mol. The minimum Gasteiger partial charge on any atom is -0.237 e. The van der Waals surface area contributed by atoms with Gasteiger partial charge >= 0.3 is 0 Å². The minimum absolute atomic E-state index is 0.0861. The molecule has 0 heterocycles. The Morgan fingerprint density at radius 3 is 2.50 bits per heavy atom. The molecule has 0 aliphatic rings. The second-order valence-electron chi connectivity index (χ2n) is 4.77. The Morgan fingerprint density at radius 1 is 1.06 bits per heavy atom. The number of benzene rings is 1. The molecule has 0 spiro atoms. The van der Waals surface area contributed by atoms with E-state index in [9.17, 15) is 5.11 Å². The SMILES string of the molecule is CC(C)c1cccc(CCCCCC[O])c1. The highest BCUT2D eigenvalue weighted by molar-refractivity contribution is 5.25. The average Bonchev–Trinajstić information content (AvgIpc) is 2.29. The lowest BCUT2D eigenvalue weighted by Gasteiger charge is -2.08. The van der Waals surface area contributed by atoms with E-state index in [4.69, 9.17) is 0 Å². The van der Waals surface area contributed by atoms with Gasteiger partial charge in [0.15, 0.2) is 0 Å². The van der Waals surface area contributed by atoms with Gasteiger partial charge < -0.3 is 0 Å². The summed E-state index contributed by atoms with van der Waals surface area (Å²) in [6, 6.07) is 8.88. The van der Waals surface area contributed by atoms with Crippen molar-refractivity contribution in [1.82, 2.24) is 0 Å². The Morgan fingerprint density at radius 2 is 1.81 bits per heavy atom. The standard InChI is InChI=1S/C15H23O/c1-13(2)15-10-7-9-14(12-15)8-5-3-4-6-11-16/h7,9-10,12-13H,3-6,8,11H2,1-2H3. The molecule has 1 radical (unpaired) electrons. The predicted molar refractivity (Wildman–Crippen MR) is 68.3 cm³/mol. The van der Waals surface area contributed by atoms with Crippen molar-refractivity contribution in [2.75, 3.05) is 6.61 Å². The third kappa shape index (κ3) is 4.80. The van der Waals surface area contributed by atoms with E-state index in [2.05, 4.69) is 38.1 Å². The first-order valence-corrected chi connectivity index (χ1v) is 6.41. The van der Waals surface area contributed by atoms with E-state index in [0.29, 0.717) is 5.92 Å². The maximum absolute atomic E-state index is 10.3. The van der Waals surface area contributed by atoms with E-state index in [1.54, 1.807) is 0 Å². The van der Waals surface area contributed by atoms with Crippen LogP contribution in [-0.4, -0.2) is 6.61 Å². The smallest absolute Gasteiger partial charge is 0.0822 e. The van der Waals surface area contributed by atoms with Gasteiger partial charge in [0.25, 0.3) is 0 Å². The Labute approximate surface area is 99.5 Å². The van der Waals surface area contributed by atoms with Crippen LogP contribution in [0.5, 0.6) is 0 Å². The van der Waals surface area contributed by atoms with Gasteiger partial charge in [0.2, 0.25) is 0 Å². The van der Waals surface area contributed by atoms with Gasteiger partial charge in [-0.2, -0.15) is 0 Å². The van der Waals surface area contributed by atoms with Gasteiger partial charge in [-0.05, 0) is 36.3 Å². The molecular formula is C15H23O. The first-order valence-electron chi connectivity index (χ1n) is 6.41. The first-order chi connectivity index (χ1) is 7.74. The molecule has 0 saturated heterocycles. The number of hydrogen-bond donors (Lipinski definition) is 0. The molecule has 1 rings (SSSR count). The molecule has 0 atom stereocenters. The zero-order valence-corrected chi connectivity index (χ0v) is 10.5. The fraction of sp³-hybridized carbons (Fsp3) is 0.600. The Hall–Kier alpha value is -0.820. The van der Waals surface area contributed by atoms with Crippen molar-refractivity contribution < 1.29 is 5.11 Å². The monoisotopic (exact) mass is 219 g/mol. The van der Waals surface area contributed by atoms with E-state index in [1.807, 2.05) is 0 Å². The van der Waals surface area contributed by atoms with E-state index < -0.39 is 0 Å². The van der Waals surface area contributed by atoms with Crippen LogP contribution in [0, 0.1) is 0 Å². The van der Waals surface area contributed by atoms with Gasteiger partial charge in [-0.3, -0.25) is 0 Å². The largest absolute Gasteiger partial charge is 0.237 e. The van der Waals surface area contributed by atoms with Gasteiger partial charge in [-0.25, -0.2) is 5.11 Å². The van der Waals surface area contributed by atoms with Crippen LogP contribution in [0.1, 0.15) is 56.6 Å². The molecule has 1 aromatic carbocycles. The summed E-state index contributed by atoms with van der Waals surface area (Å²) < 4.78 is 0. The van der Waals surface area contributed by atoms with E-state index in [-0.39, 0.29) is 6.61 Å². The van der Waals surface area contributed by atoms with Gasteiger partial charge in [0.1, 0.15) is 0 Å². The molecule has 0 fully saturated rings. The third-order valence-electron chi connectivity index (χ3n) is 2.98. The van der Waals surface area contributed by atoms with Crippen LogP contribution < -0.4 is 0 Å². The van der Waals surface area contributed by atoms with Crippen LogP contribution in [0.15, 0.2) is 24.3 Å². The lowest BCUT2D eigenvalue weighted by Crippen LogP contribution is -1.91. The summed E-state index contributed by atoms with van der Waals surface area (Å²) in [6.07, 6.45) is 5.48. The fourth-order valence-electron chi connectivity index (χ4n) is 1.89. The van der Waals surface area contributed by atoms with E-state index in [1.165, 1.54) is 24.0 Å². The summed E-state index contributed by atoms with van der Waals surface area (Å²) in [6.45, 7) is 4.55. The van der Waals surface area contributed by atoms with Crippen molar-refractivity contribution >= 4 is 0 Å². The molecule has 0 N–H and O–H groups in total. The van der Waals surface area contributed by atoms with Crippen LogP contribution >= 0.6 is 0 Å². The minimum atomic E-state index is 0.0861. The summed E-state index contributed by atoms with van der Waals surface area (Å²) in [5.41, 5.74) is 2.87. The lowest BCUT2D eigenvalue weighted by atomic mass is 9.98. The van der Waals surface area contributed by atoms with Crippen LogP contribution in [0.25, 0.3) is 0 Å². The number of unbranched alkanes of at least 4 members (excludes halogenated alkanes) is 3. The van der Waals surface area contributed by atoms with Crippen molar-refractivity contribution in [1.29, 1.82) is 0 Å². The highest BCUT2D eigenvalue weighted by atomic mass is 16.2. The van der Waals surface area contributed by atoms with E-state index in [0.717, 1.165) is 19.3 Å².